The van der Waals surface area contributed by atoms with Crippen LogP contribution >= 0.6 is 11.6 Å². The minimum Gasteiger partial charge on any atom is -0.478 e. The number of benzene rings is 2. The second-order valence-electron chi connectivity index (χ2n) is 5.27. The Balaban J connectivity index is 1.73. The smallest absolute Gasteiger partial charge is 0.339 e. The molecular weight excluding hydrogens is 334 g/mol. The molecule has 0 aliphatic carbocycles. The summed E-state index contributed by atoms with van der Waals surface area (Å²) in [5, 5.41) is 11.9. The molecule has 0 spiro atoms. The zero-order valence-corrected chi connectivity index (χ0v) is 13.0. The van der Waals surface area contributed by atoms with Gasteiger partial charge in [0.15, 0.2) is 6.10 Å². The fourth-order valence-corrected chi connectivity index (χ4v) is 2.59. The van der Waals surface area contributed by atoms with Gasteiger partial charge in [0.25, 0.3) is 5.91 Å². The zero-order chi connectivity index (χ0) is 17.3. The standard InChI is InChI=1S/C17H12ClNO5/c18-11-4-1-10-7-14(24-17(23)13(10)8-11)15(20)19-12-5-2-9(3-6-12)16(21)22/h1-6,8,14H,7H2,(H,19,20)(H,21,22). The van der Waals surface area contributed by atoms with Crippen LogP contribution < -0.4 is 5.32 Å². The van der Waals surface area contributed by atoms with Crippen LogP contribution in [0.15, 0.2) is 42.5 Å². The Morgan fingerprint density at radius 2 is 1.88 bits per heavy atom. The summed E-state index contributed by atoms with van der Waals surface area (Å²) >= 11 is 5.85. The van der Waals surface area contributed by atoms with Crippen molar-refractivity contribution >= 4 is 35.1 Å². The van der Waals surface area contributed by atoms with Gasteiger partial charge in [0.05, 0.1) is 11.1 Å². The van der Waals surface area contributed by atoms with Gasteiger partial charge in [-0.25, -0.2) is 9.59 Å². The van der Waals surface area contributed by atoms with Gasteiger partial charge in [0.1, 0.15) is 0 Å². The summed E-state index contributed by atoms with van der Waals surface area (Å²) < 4.78 is 5.16. The number of hydrogen-bond acceptors (Lipinski definition) is 4. The lowest BCUT2D eigenvalue weighted by atomic mass is 9.98. The Kier molecular flexibility index (Phi) is 4.22. The van der Waals surface area contributed by atoms with E-state index in [4.69, 9.17) is 21.4 Å². The normalized spacial score (nSPS) is 16.0. The van der Waals surface area contributed by atoms with Crippen molar-refractivity contribution in [1.82, 2.24) is 0 Å². The maximum Gasteiger partial charge on any atom is 0.339 e. The molecule has 0 saturated heterocycles. The summed E-state index contributed by atoms with van der Waals surface area (Å²) in [7, 11) is 0. The van der Waals surface area contributed by atoms with Gasteiger partial charge in [0.2, 0.25) is 0 Å². The predicted octanol–water partition coefficient (Wildman–Crippen LogP) is 2.76. The molecule has 24 heavy (non-hydrogen) atoms. The molecule has 0 fully saturated rings. The number of ether oxygens (including phenoxy) is 1. The topological polar surface area (TPSA) is 92.7 Å². The molecule has 0 saturated carbocycles. The molecule has 1 aliphatic heterocycles. The molecule has 0 radical (unpaired) electrons. The minimum atomic E-state index is -1.05. The number of carboxylic acid groups (broad SMARTS) is 1. The van der Waals surface area contributed by atoms with E-state index in [2.05, 4.69) is 5.32 Å². The average molecular weight is 346 g/mol. The number of carboxylic acids is 1. The summed E-state index contributed by atoms with van der Waals surface area (Å²) in [4.78, 5) is 35.1. The van der Waals surface area contributed by atoms with Gasteiger partial charge < -0.3 is 15.2 Å². The highest BCUT2D eigenvalue weighted by molar-refractivity contribution is 6.31. The molecule has 3 rings (SSSR count). The molecule has 2 aromatic rings. The highest BCUT2D eigenvalue weighted by Gasteiger charge is 2.31. The van der Waals surface area contributed by atoms with Crippen LogP contribution in [-0.4, -0.2) is 29.1 Å². The van der Waals surface area contributed by atoms with E-state index in [1.807, 2.05) is 0 Å². The van der Waals surface area contributed by atoms with E-state index < -0.39 is 23.9 Å². The lowest BCUT2D eigenvalue weighted by Gasteiger charge is -2.24. The first-order valence-corrected chi connectivity index (χ1v) is 7.45. The Hall–Kier alpha value is -2.86. The molecule has 6 nitrogen and oxygen atoms in total. The number of fused-ring (bicyclic) bond motifs is 1. The molecule has 1 atom stereocenters. The first-order chi connectivity index (χ1) is 11.4. The molecule has 1 unspecified atom stereocenters. The SMILES string of the molecule is O=C(O)c1ccc(NC(=O)C2Cc3ccc(Cl)cc3C(=O)O2)cc1. The van der Waals surface area contributed by atoms with Gasteiger partial charge >= 0.3 is 11.9 Å². The largest absolute Gasteiger partial charge is 0.478 e. The summed E-state index contributed by atoms with van der Waals surface area (Å²) in [6.07, 6.45) is -0.706. The number of anilines is 1. The lowest BCUT2D eigenvalue weighted by molar-refractivity contribution is -0.125. The zero-order valence-electron chi connectivity index (χ0n) is 12.3. The van der Waals surface area contributed by atoms with E-state index in [1.165, 1.54) is 30.3 Å². The molecular formula is C17H12ClNO5. The maximum absolute atomic E-state index is 12.3. The van der Waals surface area contributed by atoms with E-state index in [9.17, 15) is 14.4 Å². The molecule has 7 heteroatoms. The van der Waals surface area contributed by atoms with Crippen LogP contribution in [0.25, 0.3) is 0 Å². The van der Waals surface area contributed by atoms with E-state index >= 15 is 0 Å². The minimum absolute atomic E-state index is 0.114. The molecule has 2 aromatic carbocycles. The van der Waals surface area contributed by atoms with Crippen LogP contribution in [0, 0.1) is 0 Å². The number of rotatable bonds is 3. The lowest BCUT2D eigenvalue weighted by Crippen LogP contribution is -2.38. The fourth-order valence-electron chi connectivity index (χ4n) is 2.42. The third kappa shape index (κ3) is 3.23. The molecule has 0 aromatic heterocycles. The summed E-state index contributed by atoms with van der Waals surface area (Å²) in [5.74, 6) is -2.13. The number of carbonyl (C=O) groups is 3. The van der Waals surface area contributed by atoms with Crippen LogP contribution in [0.2, 0.25) is 5.02 Å². The van der Waals surface area contributed by atoms with Crippen LogP contribution in [0.3, 0.4) is 0 Å². The van der Waals surface area contributed by atoms with Crippen LogP contribution in [0.4, 0.5) is 5.69 Å². The van der Waals surface area contributed by atoms with Crippen molar-refractivity contribution < 1.29 is 24.2 Å². The van der Waals surface area contributed by atoms with Crippen molar-refractivity contribution in [2.24, 2.45) is 0 Å². The average Bonchev–Trinajstić information content (AvgIpc) is 2.55. The number of halogens is 1. The molecule has 122 valence electrons. The van der Waals surface area contributed by atoms with Crippen LogP contribution in [-0.2, 0) is 16.0 Å². The number of carbonyl (C=O) groups excluding carboxylic acids is 2. The third-order valence-electron chi connectivity index (χ3n) is 3.64. The second-order valence-corrected chi connectivity index (χ2v) is 5.71. The van der Waals surface area contributed by atoms with E-state index in [-0.39, 0.29) is 12.0 Å². The molecule has 1 heterocycles. The van der Waals surface area contributed by atoms with Crippen LogP contribution in [0.1, 0.15) is 26.3 Å². The maximum atomic E-state index is 12.3. The van der Waals surface area contributed by atoms with Crippen molar-refractivity contribution in [3.05, 3.63) is 64.2 Å². The van der Waals surface area contributed by atoms with E-state index in [0.29, 0.717) is 21.8 Å². The van der Waals surface area contributed by atoms with Gasteiger partial charge in [-0.15, -0.1) is 0 Å². The number of amides is 1. The predicted molar refractivity (Wildman–Crippen MR) is 86.4 cm³/mol. The van der Waals surface area contributed by atoms with Gasteiger partial charge in [-0.05, 0) is 42.0 Å². The Bertz CT molecular complexity index is 831. The van der Waals surface area contributed by atoms with Gasteiger partial charge in [-0.3, -0.25) is 4.79 Å². The quantitative estimate of drug-likeness (QED) is 0.834. The Labute approximate surface area is 142 Å². The van der Waals surface area contributed by atoms with E-state index in [1.54, 1.807) is 12.1 Å². The molecule has 1 aliphatic rings. The summed E-state index contributed by atoms with van der Waals surface area (Å²) in [6, 6.07) is 10.6. The number of aromatic carboxylic acids is 1. The van der Waals surface area contributed by atoms with Gasteiger partial charge in [-0.1, -0.05) is 17.7 Å². The number of cyclic esters (lactones) is 1. The van der Waals surface area contributed by atoms with Crippen molar-refractivity contribution in [3.63, 3.8) is 0 Å². The fraction of sp³-hybridized carbons (Fsp3) is 0.118. The first kappa shape index (κ1) is 16.0. The van der Waals surface area contributed by atoms with Gasteiger partial charge in [-0.2, -0.15) is 0 Å². The monoisotopic (exact) mass is 345 g/mol. The highest BCUT2D eigenvalue weighted by atomic mass is 35.5. The number of esters is 1. The highest BCUT2D eigenvalue weighted by Crippen LogP contribution is 2.24. The van der Waals surface area contributed by atoms with Gasteiger partial charge in [0, 0.05) is 17.1 Å². The summed E-state index contributed by atoms with van der Waals surface area (Å²) in [6.45, 7) is 0. The van der Waals surface area contributed by atoms with Crippen LogP contribution in [0.5, 0.6) is 0 Å². The van der Waals surface area contributed by atoms with Crippen molar-refractivity contribution in [2.45, 2.75) is 12.5 Å². The van der Waals surface area contributed by atoms with Crippen molar-refractivity contribution in [3.8, 4) is 0 Å². The number of nitrogens with one attached hydrogen (secondary N) is 1. The number of hydrogen-bond donors (Lipinski definition) is 2. The second kappa shape index (κ2) is 6.33. The Morgan fingerprint density at radius 3 is 2.54 bits per heavy atom. The molecule has 2 N–H and O–H groups in total. The Morgan fingerprint density at radius 1 is 1.17 bits per heavy atom. The van der Waals surface area contributed by atoms with Crippen molar-refractivity contribution in [2.75, 3.05) is 5.32 Å². The van der Waals surface area contributed by atoms with Crippen molar-refractivity contribution in [1.29, 1.82) is 0 Å². The summed E-state index contributed by atoms with van der Waals surface area (Å²) in [5.41, 5.74) is 1.58. The molecule has 1 amide bonds. The third-order valence-corrected chi connectivity index (χ3v) is 3.87. The molecule has 0 bridgehead atoms. The van der Waals surface area contributed by atoms with E-state index in [0.717, 1.165) is 0 Å². The first-order valence-electron chi connectivity index (χ1n) is 7.07.